The van der Waals surface area contributed by atoms with Crippen LogP contribution in [0.2, 0.25) is 0 Å². The third-order valence-corrected chi connectivity index (χ3v) is 5.08. The fourth-order valence-electron chi connectivity index (χ4n) is 3.71. The van der Waals surface area contributed by atoms with Crippen molar-refractivity contribution >= 4 is 11.7 Å². The van der Waals surface area contributed by atoms with E-state index in [4.69, 9.17) is 9.15 Å². The molecular formula is C24H30N2O5. The fraction of sp³-hybridized carbons (Fsp3) is 0.417. The second-order valence-corrected chi connectivity index (χ2v) is 8.30. The maximum Gasteiger partial charge on any atom is 0.290 e. The second kappa shape index (κ2) is 9.39. The van der Waals surface area contributed by atoms with E-state index in [1.807, 2.05) is 57.1 Å². The van der Waals surface area contributed by atoms with Crippen LogP contribution in [0.25, 0.3) is 0 Å². The van der Waals surface area contributed by atoms with Crippen molar-refractivity contribution in [2.24, 2.45) is 0 Å². The molecule has 1 atom stereocenters. The second-order valence-electron chi connectivity index (χ2n) is 8.30. The van der Waals surface area contributed by atoms with Gasteiger partial charge in [-0.05, 0) is 77.7 Å². The standard InChI is InChI=1S/C24H30N2O5/c1-15(2)30-18-10-8-17(9-11-18)21-20(22(27)19-12-7-16(3)31-19)23(28)24(29)26(21)14-6-13-25(4)5/h7-12,15,21,28H,6,13-14H2,1-5H3/t21-/m0/s1. The van der Waals surface area contributed by atoms with Crippen LogP contribution in [0.15, 0.2) is 52.1 Å². The Kier molecular flexibility index (Phi) is 6.85. The van der Waals surface area contributed by atoms with Gasteiger partial charge in [0, 0.05) is 6.54 Å². The normalized spacial score (nSPS) is 16.7. The minimum atomic E-state index is -0.694. The Bertz CT molecular complexity index is 972. The Morgan fingerprint density at radius 2 is 1.87 bits per heavy atom. The van der Waals surface area contributed by atoms with E-state index in [0.717, 1.165) is 12.1 Å². The number of hydrogen-bond acceptors (Lipinski definition) is 6. The molecule has 0 aliphatic carbocycles. The number of hydrogen-bond donors (Lipinski definition) is 1. The van der Waals surface area contributed by atoms with Crippen molar-refractivity contribution in [2.75, 3.05) is 27.2 Å². The van der Waals surface area contributed by atoms with E-state index in [-0.39, 0.29) is 17.4 Å². The monoisotopic (exact) mass is 426 g/mol. The third kappa shape index (κ3) is 4.99. The van der Waals surface area contributed by atoms with Crippen molar-refractivity contribution in [1.29, 1.82) is 0 Å². The number of aliphatic hydroxyl groups is 1. The summed E-state index contributed by atoms with van der Waals surface area (Å²) < 4.78 is 11.2. The third-order valence-electron chi connectivity index (χ3n) is 5.08. The molecule has 1 amide bonds. The maximum absolute atomic E-state index is 13.2. The number of amides is 1. The molecule has 1 aliphatic rings. The van der Waals surface area contributed by atoms with Gasteiger partial charge in [-0.25, -0.2) is 0 Å². The number of Topliss-reactive ketones (excluding diaryl/α,β-unsaturated/α-hetero) is 1. The molecule has 0 spiro atoms. The Morgan fingerprint density at radius 1 is 1.19 bits per heavy atom. The Balaban J connectivity index is 1.98. The number of aryl methyl sites for hydroxylation is 1. The maximum atomic E-state index is 13.2. The summed E-state index contributed by atoms with van der Waals surface area (Å²) in [6, 6.07) is 9.83. The summed E-state index contributed by atoms with van der Waals surface area (Å²) in [5, 5.41) is 10.7. The molecule has 0 fully saturated rings. The van der Waals surface area contributed by atoms with Crippen LogP contribution in [0.1, 0.15) is 48.2 Å². The first-order valence-corrected chi connectivity index (χ1v) is 10.5. The molecule has 7 nitrogen and oxygen atoms in total. The molecule has 0 radical (unpaired) electrons. The highest BCUT2D eigenvalue weighted by Crippen LogP contribution is 2.39. The number of carbonyl (C=O) groups excluding carboxylic acids is 2. The predicted octanol–water partition coefficient (Wildman–Crippen LogP) is 3.91. The first kappa shape index (κ1) is 22.6. The molecule has 3 rings (SSSR count). The van der Waals surface area contributed by atoms with Gasteiger partial charge in [-0.1, -0.05) is 12.1 Å². The van der Waals surface area contributed by atoms with Crippen molar-refractivity contribution in [2.45, 2.75) is 39.3 Å². The van der Waals surface area contributed by atoms with Crippen LogP contribution >= 0.6 is 0 Å². The van der Waals surface area contributed by atoms with Gasteiger partial charge in [-0.2, -0.15) is 0 Å². The highest BCUT2D eigenvalue weighted by Gasteiger charge is 2.44. The lowest BCUT2D eigenvalue weighted by molar-refractivity contribution is -0.129. The molecule has 0 saturated carbocycles. The molecule has 0 saturated heterocycles. The molecule has 0 bridgehead atoms. The zero-order chi connectivity index (χ0) is 22.7. The van der Waals surface area contributed by atoms with Gasteiger partial charge < -0.3 is 24.1 Å². The number of aliphatic hydroxyl groups excluding tert-OH is 1. The van der Waals surface area contributed by atoms with Gasteiger partial charge >= 0.3 is 0 Å². The van der Waals surface area contributed by atoms with Gasteiger partial charge in [0.05, 0.1) is 17.7 Å². The number of furan rings is 1. The molecule has 0 unspecified atom stereocenters. The van der Waals surface area contributed by atoms with E-state index < -0.39 is 23.5 Å². The van der Waals surface area contributed by atoms with Crippen LogP contribution in [0.3, 0.4) is 0 Å². The molecule has 2 heterocycles. The van der Waals surface area contributed by atoms with Crippen molar-refractivity contribution in [1.82, 2.24) is 9.80 Å². The average Bonchev–Trinajstić information content (AvgIpc) is 3.24. The van der Waals surface area contributed by atoms with Gasteiger partial charge in [0.2, 0.25) is 5.78 Å². The lowest BCUT2D eigenvalue weighted by Gasteiger charge is -2.27. The lowest BCUT2D eigenvalue weighted by atomic mass is 9.95. The Hall–Kier alpha value is -3.06. The number of carbonyl (C=O) groups is 2. The predicted molar refractivity (Wildman–Crippen MR) is 117 cm³/mol. The fourth-order valence-corrected chi connectivity index (χ4v) is 3.71. The van der Waals surface area contributed by atoms with Gasteiger partial charge in [0.15, 0.2) is 11.5 Å². The molecule has 1 aromatic carbocycles. The molecule has 1 N–H and O–H groups in total. The van der Waals surface area contributed by atoms with Gasteiger partial charge in [-0.3, -0.25) is 9.59 Å². The first-order valence-electron chi connectivity index (χ1n) is 10.5. The summed E-state index contributed by atoms with van der Waals surface area (Å²) in [6.07, 6.45) is 0.739. The minimum Gasteiger partial charge on any atom is -0.503 e. The SMILES string of the molecule is Cc1ccc(C(=O)C2=C(O)C(=O)N(CCCN(C)C)[C@H]2c2ccc(OC(C)C)cc2)o1. The highest BCUT2D eigenvalue weighted by molar-refractivity contribution is 6.15. The van der Waals surface area contributed by atoms with Crippen molar-refractivity contribution in [3.63, 3.8) is 0 Å². The quantitative estimate of drug-likeness (QED) is 0.612. The summed E-state index contributed by atoms with van der Waals surface area (Å²) in [5.74, 6) is -0.157. The van der Waals surface area contributed by atoms with Crippen molar-refractivity contribution in [3.8, 4) is 5.75 Å². The number of benzene rings is 1. The molecule has 7 heteroatoms. The van der Waals surface area contributed by atoms with Crippen LogP contribution in [0.5, 0.6) is 5.75 Å². The Morgan fingerprint density at radius 3 is 2.42 bits per heavy atom. The van der Waals surface area contributed by atoms with E-state index in [2.05, 4.69) is 0 Å². The smallest absolute Gasteiger partial charge is 0.290 e. The summed E-state index contributed by atoms with van der Waals surface area (Å²) in [7, 11) is 3.92. The molecule has 1 aliphatic heterocycles. The number of ketones is 1. The number of ether oxygens (including phenoxy) is 1. The van der Waals surface area contributed by atoms with Crippen molar-refractivity contribution < 1.29 is 23.8 Å². The first-order chi connectivity index (χ1) is 14.7. The largest absolute Gasteiger partial charge is 0.503 e. The van der Waals surface area contributed by atoms with Gasteiger partial charge in [-0.15, -0.1) is 0 Å². The lowest BCUT2D eigenvalue weighted by Crippen LogP contribution is -2.33. The van der Waals surface area contributed by atoms with E-state index in [1.54, 1.807) is 24.0 Å². The summed E-state index contributed by atoms with van der Waals surface area (Å²) in [5.41, 5.74) is 0.770. The molecule has 31 heavy (non-hydrogen) atoms. The van der Waals surface area contributed by atoms with Crippen LogP contribution in [0, 0.1) is 6.92 Å². The Labute approximate surface area is 182 Å². The van der Waals surface area contributed by atoms with E-state index in [0.29, 0.717) is 24.5 Å². The molecule has 166 valence electrons. The number of nitrogens with zero attached hydrogens (tertiary/aromatic N) is 2. The van der Waals surface area contributed by atoms with Gasteiger partial charge in [0.1, 0.15) is 11.5 Å². The zero-order valence-electron chi connectivity index (χ0n) is 18.7. The van der Waals surface area contributed by atoms with E-state index >= 15 is 0 Å². The molecule has 2 aromatic rings. The van der Waals surface area contributed by atoms with Crippen molar-refractivity contribution in [3.05, 3.63) is 64.8 Å². The summed E-state index contributed by atoms with van der Waals surface area (Å²) in [4.78, 5) is 29.7. The molecule has 1 aromatic heterocycles. The average molecular weight is 427 g/mol. The minimum absolute atomic E-state index is 0.0321. The van der Waals surface area contributed by atoms with Crippen LogP contribution < -0.4 is 4.74 Å². The van der Waals surface area contributed by atoms with Crippen LogP contribution in [-0.2, 0) is 4.79 Å². The van der Waals surface area contributed by atoms with Gasteiger partial charge in [0.25, 0.3) is 5.91 Å². The summed E-state index contributed by atoms with van der Waals surface area (Å²) >= 11 is 0. The topological polar surface area (TPSA) is 83.2 Å². The van der Waals surface area contributed by atoms with E-state index in [9.17, 15) is 14.7 Å². The highest BCUT2D eigenvalue weighted by atomic mass is 16.5. The van der Waals surface area contributed by atoms with Crippen LogP contribution in [0.4, 0.5) is 0 Å². The molecular weight excluding hydrogens is 396 g/mol. The van der Waals surface area contributed by atoms with Crippen LogP contribution in [-0.4, -0.2) is 59.9 Å². The van der Waals surface area contributed by atoms with E-state index in [1.165, 1.54) is 0 Å². The summed E-state index contributed by atoms with van der Waals surface area (Å²) in [6.45, 7) is 6.81. The number of rotatable bonds is 9. The zero-order valence-corrected chi connectivity index (χ0v) is 18.7.